The van der Waals surface area contributed by atoms with Crippen LogP contribution in [0.15, 0.2) is 24.3 Å². The molecule has 3 aliphatic rings. The van der Waals surface area contributed by atoms with E-state index in [4.69, 9.17) is 4.74 Å². The Morgan fingerprint density at radius 3 is 2.37 bits per heavy atom. The number of likely N-dealkylation sites (N-methyl/N-ethyl adjacent to an activating group) is 1. The average molecular weight is 414 g/mol. The van der Waals surface area contributed by atoms with Gasteiger partial charge >= 0.3 is 0 Å². The van der Waals surface area contributed by atoms with Crippen molar-refractivity contribution in [1.82, 2.24) is 14.7 Å². The van der Waals surface area contributed by atoms with Crippen LogP contribution in [0.25, 0.3) is 0 Å². The Labute approximate surface area is 182 Å². The van der Waals surface area contributed by atoms with Crippen LogP contribution in [0.1, 0.15) is 43.7 Å². The number of methoxy groups -OCH3 is 1. The summed E-state index contributed by atoms with van der Waals surface area (Å²) < 4.78 is 5.19. The molecule has 5 heteroatoms. The largest absolute Gasteiger partial charge is 0.383 e. The highest BCUT2D eigenvalue weighted by Gasteiger charge is 2.35. The van der Waals surface area contributed by atoms with Crippen LogP contribution in [0.3, 0.4) is 0 Å². The maximum atomic E-state index is 13.0. The van der Waals surface area contributed by atoms with Crippen molar-refractivity contribution in [3.8, 4) is 0 Å². The highest BCUT2D eigenvalue weighted by atomic mass is 16.5. The number of carbonyl (C=O) groups excluding carboxylic acids is 1. The molecule has 2 fully saturated rings. The summed E-state index contributed by atoms with van der Waals surface area (Å²) in [6.45, 7) is 8.70. The van der Waals surface area contributed by atoms with E-state index in [0.717, 1.165) is 32.5 Å². The molecule has 1 unspecified atom stereocenters. The first-order valence-corrected chi connectivity index (χ1v) is 12.0. The molecule has 166 valence electrons. The van der Waals surface area contributed by atoms with E-state index in [0.29, 0.717) is 31.1 Å². The van der Waals surface area contributed by atoms with Gasteiger partial charge in [0.05, 0.1) is 12.5 Å². The summed E-state index contributed by atoms with van der Waals surface area (Å²) in [5.41, 5.74) is 3.10. The molecule has 30 heavy (non-hydrogen) atoms. The van der Waals surface area contributed by atoms with E-state index in [1.807, 2.05) is 4.90 Å². The minimum atomic E-state index is 0.165. The molecule has 0 aromatic heterocycles. The van der Waals surface area contributed by atoms with Crippen LogP contribution in [0.5, 0.6) is 0 Å². The maximum Gasteiger partial charge on any atom is 0.227 e. The van der Waals surface area contributed by atoms with Gasteiger partial charge in [0.15, 0.2) is 0 Å². The first kappa shape index (κ1) is 21.8. The van der Waals surface area contributed by atoms with E-state index in [1.54, 1.807) is 18.2 Å². The van der Waals surface area contributed by atoms with Crippen LogP contribution >= 0.6 is 0 Å². The van der Waals surface area contributed by atoms with Crippen molar-refractivity contribution < 1.29 is 9.53 Å². The first-order chi connectivity index (χ1) is 14.7. The molecule has 0 spiro atoms. The fourth-order valence-corrected chi connectivity index (χ4v) is 5.83. The lowest BCUT2D eigenvalue weighted by atomic mass is 9.92. The zero-order chi connectivity index (χ0) is 20.9. The van der Waals surface area contributed by atoms with Crippen LogP contribution in [-0.4, -0.2) is 85.7 Å². The van der Waals surface area contributed by atoms with Crippen molar-refractivity contribution in [2.75, 3.05) is 53.0 Å². The number of hydrogen-bond donors (Lipinski definition) is 0. The van der Waals surface area contributed by atoms with Crippen molar-refractivity contribution in [1.29, 1.82) is 0 Å². The summed E-state index contributed by atoms with van der Waals surface area (Å²) in [6.07, 6.45) is 7.11. The minimum Gasteiger partial charge on any atom is -0.383 e. The van der Waals surface area contributed by atoms with Crippen molar-refractivity contribution >= 4 is 5.91 Å². The summed E-state index contributed by atoms with van der Waals surface area (Å²) in [6, 6.07) is 10.3. The van der Waals surface area contributed by atoms with Gasteiger partial charge in [0, 0.05) is 38.8 Å². The number of hydrogen-bond acceptors (Lipinski definition) is 4. The molecule has 1 atom stereocenters. The van der Waals surface area contributed by atoms with Gasteiger partial charge in [-0.05, 0) is 76.2 Å². The third-order valence-corrected chi connectivity index (χ3v) is 7.62. The predicted molar refractivity (Wildman–Crippen MR) is 121 cm³/mol. The number of benzene rings is 1. The number of nitrogens with zero attached hydrogens (tertiary/aromatic N) is 3. The summed E-state index contributed by atoms with van der Waals surface area (Å²) in [4.78, 5) is 20.4. The molecular weight excluding hydrogens is 374 g/mol. The lowest BCUT2D eigenvalue weighted by molar-refractivity contribution is -0.138. The molecule has 1 aromatic carbocycles. The van der Waals surface area contributed by atoms with Crippen molar-refractivity contribution in [2.24, 2.45) is 5.92 Å². The average Bonchev–Trinajstić information content (AvgIpc) is 3.24. The molecular formula is C25H39N3O2. The van der Waals surface area contributed by atoms with Crippen LogP contribution in [-0.2, 0) is 22.4 Å². The minimum absolute atomic E-state index is 0.165. The molecule has 0 saturated carbocycles. The molecule has 4 rings (SSSR count). The molecule has 5 nitrogen and oxygen atoms in total. The molecule has 1 aliphatic carbocycles. The first-order valence-electron chi connectivity index (χ1n) is 12.0. The second-order valence-electron chi connectivity index (χ2n) is 9.34. The number of carbonyl (C=O) groups is 1. The fraction of sp³-hybridized carbons (Fsp3) is 0.720. The summed E-state index contributed by atoms with van der Waals surface area (Å²) >= 11 is 0. The van der Waals surface area contributed by atoms with Gasteiger partial charge in [0.2, 0.25) is 5.91 Å². The molecule has 2 aliphatic heterocycles. The quantitative estimate of drug-likeness (QED) is 0.689. The summed E-state index contributed by atoms with van der Waals surface area (Å²) in [5, 5.41) is 0. The fourth-order valence-electron chi connectivity index (χ4n) is 5.83. The zero-order valence-corrected chi connectivity index (χ0v) is 18.9. The second-order valence-corrected chi connectivity index (χ2v) is 9.34. The van der Waals surface area contributed by atoms with E-state index in [-0.39, 0.29) is 5.92 Å². The van der Waals surface area contributed by atoms with Gasteiger partial charge in [-0.15, -0.1) is 0 Å². The third-order valence-electron chi connectivity index (χ3n) is 7.62. The van der Waals surface area contributed by atoms with Gasteiger partial charge in [-0.25, -0.2) is 0 Å². The van der Waals surface area contributed by atoms with Crippen molar-refractivity contribution in [2.45, 2.75) is 57.5 Å². The van der Waals surface area contributed by atoms with Crippen LogP contribution in [0, 0.1) is 5.92 Å². The molecule has 0 bridgehead atoms. The maximum absolute atomic E-state index is 13.0. The Hall–Kier alpha value is -1.43. The van der Waals surface area contributed by atoms with Crippen LogP contribution < -0.4 is 0 Å². The number of ether oxygens (including phenoxy) is 1. The summed E-state index contributed by atoms with van der Waals surface area (Å²) in [5.74, 6) is 0.498. The Kier molecular flexibility index (Phi) is 7.45. The van der Waals surface area contributed by atoms with E-state index in [2.05, 4.69) is 41.0 Å². The van der Waals surface area contributed by atoms with Gasteiger partial charge in [-0.1, -0.05) is 24.3 Å². The van der Waals surface area contributed by atoms with Crippen LogP contribution in [0.4, 0.5) is 0 Å². The number of piperidine rings is 2. The number of rotatable bonds is 7. The van der Waals surface area contributed by atoms with E-state index in [9.17, 15) is 4.79 Å². The Balaban J connectivity index is 1.27. The molecule has 2 saturated heterocycles. The third kappa shape index (κ3) is 4.90. The van der Waals surface area contributed by atoms with Gasteiger partial charge in [0.25, 0.3) is 0 Å². The predicted octanol–water partition coefficient (Wildman–Crippen LogP) is 2.83. The number of amides is 1. The molecule has 1 amide bonds. The SMILES string of the molecule is CCN(CCOC)C(=O)C1CCCN(C2CCN(C3Cc4ccccc4C3)CC2)C1. The highest BCUT2D eigenvalue weighted by Crippen LogP contribution is 2.30. The van der Waals surface area contributed by atoms with Gasteiger partial charge in [0.1, 0.15) is 0 Å². The van der Waals surface area contributed by atoms with Gasteiger partial charge in [-0.2, -0.15) is 0 Å². The zero-order valence-electron chi connectivity index (χ0n) is 18.9. The molecule has 2 heterocycles. The Bertz CT molecular complexity index is 676. The topological polar surface area (TPSA) is 36.0 Å². The van der Waals surface area contributed by atoms with Gasteiger partial charge in [-0.3, -0.25) is 14.6 Å². The van der Waals surface area contributed by atoms with E-state index < -0.39 is 0 Å². The molecule has 1 aromatic rings. The van der Waals surface area contributed by atoms with Crippen molar-refractivity contribution in [3.63, 3.8) is 0 Å². The Morgan fingerprint density at radius 1 is 1.03 bits per heavy atom. The highest BCUT2D eigenvalue weighted by molar-refractivity contribution is 5.79. The smallest absolute Gasteiger partial charge is 0.227 e. The standard InChI is InChI=1S/C25H39N3O2/c1-3-26(15-16-30-2)25(29)22-9-6-12-28(19-22)23-10-13-27(14-11-23)24-17-20-7-4-5-8-21(20)18-24/h4-5,7-8,22-24H,3,6,9-19H2,1-2H3. The van der Waals surface area contributed by atoms with E-state index >= 15 is 0 Å². The lowest BCUT2D eigenvalue weighted by Gasteiger charge is -2.44. The normalized spacial score (nSPS) is 24.1. The van der Waals surface area contributed by atoms with Crippen LogP contribution in [0.2, 0.25) is 0 Å². The Morgan fingerprint density at radius 2 is 1.73 bits per heavy atom. The van der Waals surface area contributed by atoms with E-state index in [1.165, 1.54) is 38.8 Å². The van der Waals surface area contributed by atoms with Gasteiger partial charge < -0.3 is 9.64 Å². The monoisotopic (exact) mass is 413 g/mol. The number of likely N-dealkylation sites (tertiary alicyclic amines) is 2. The second kappa shape index (κ2) is 10.3. The molecule has 0 radical (unpaired) electrons. The summed E-state index contributed by atoms with van der Waals surface area (Å²) in [7, 11) is 1.71. The molecule has 0 N–H and O–H groups in total. The van der Waals surface area contributed by atoms with Crippen molar-refractivity contribution in [3.05, 3.63) is 35.4 Å². The lowest BCUT2D eigenvalue weighted by Crippen LogP contribution is -2.52. The number of fused-ring (bicyclic) bond motifs is 1.